The van der Waals surface area contributed by atoms with E-state index in [1.54, 1.807) is 36.4 Å². The van der Waals surface area contributed by atoms with E-state index in [2.05, 4.69) is 4.57 Å². The van der Waals surface area contributed by atoms with Crippen LogP contribution >= 0.6 is 0 Å². The number of anilines is 1. The molecule has 1 aliphatic heterocycles. The zero-order valence-corrected chi connectivity index (χ0v) is 17.9. The molecule has 4 rings (SSSR count). The summed E-state index contributed by atoms with van der Waals surface area (Å²) in [7, 11) is 1.39. The molecule has 0 bridgehead atoms. The van der Waals surface area contributed by atoms with Crippen LogP contribution in [0.25, 0.3) is 11.8 Å². The van der Waals surface area contributed by atoms with Crippen molar-refractivity contribution in [2.24, 2.45) is 0 Å². The van der Waals surface area contributed by atoms with Crippen molar-refractivity contribution in [3.8, 4) is 5.69 Å². The van der Waals surface area contributed by atoms with Gasteiger partial charge in [0.05, 0.1) is 5.69 Å². The molecular formula is C25H23N3O3. The van der Waals surface area contributed by atoms with Gasteiger partial charge in [0.25, 0.3) is 11.8 Å². The van der Waals surface area contributed by atoms with Gasteiger partial charge in [0.2, 0.25) is 0 Å². The standard InChI is InChI=1S/C25H23N3O3/c1-16-10-8-9-13-22(16)27-17(2)14-19(18(27)3)15-21-23(29)26(4)25(31)28(24(21)30)20-11-6-5-7-12-20/h5-15H,1-4H3/b21-15+. The van der Waals surface area contributed by atoms with Gasteiger partial charge in [0, 0.05) is 24.1 Å². The van der Waals surface area contributed by atoms with Crippen LogP contribution in [0.2, 0.25) is 0 Å². The molecule has 0 unspecified atom stereocenters. The lowest BCUT2D eigenvalue weighted by Crippen LogP contribution is -2.55. The van der Waals surface area contributed by atoms with Gasteiger partial charge in [0.1, 0.15) is 5.57 Å². The predicted molar refractivity (Wildman–Crippen MR) is 120 cm³/mol. The number of imide groups is 2. The molecule has 1 aliphatic rings. The molecule has 0 saturated carbocycles. The van der Waals surface area contributed by atoms with Crippen molar-refractivity contribution in [1.29, 1.82) is 0 Å². The third-order valence-corrected chi connectivity index (χ3v) is 5.59. The average Bonchev–Trinajstić information content (AvgIpc) is 3.04. The number of benzene rings is 2. The molecule has 3 aromatic rings. The van der Waals surface area contributed by atoms with Gasteiger partial charge in [-0.1, -0.05) is 36.4 Å². The van der Waals surface area contributed by atoms with Crippen LogP contribution in [0, 0.1) is 20.8 Å². The Labute approximate surface area is 181 Å². The number of barbiturate groups is 1. The van der Waals surface area contributed by atoms with E-state index >= 15 is 0 Å². The smallest absolute Gasteiger partial charge is 0.318 e. The quantitative estimate of drug-likeness (QED) is 0.472. The van der Waals surface area contributed by atoms with E-state index in [-0.39, 0.29) is 5.57 Å². The van der Waals surface area contributed by atoms with E-state index in [4.69, 9.17) is 0 Å². The summed E-state index contributed by atoms with van der Waals surface area (Å²) >= 11 is 0. The Morgan fingerprint density at radius 3 is 2.13 bits per heavy atom. The van der Waals surface area contributed by atoms with Gasteiger partial charge in [-0.15, -0.1) is 0 Å². The van der Waals surface area contributed by atoms with E-state index in [0.717, 1.165) is 38.0 Å². The highest BCUT2D eigenvalue weighted by Crippen LogP contribution is 2.28. The molecule has 4 amide bonds. The lowest BCUT2D eigenvalue weighted by Gasteiger charge is -2.31. The Kier molecular flexibility index (Phi) is 5.07. The van der Waals surface area contributed by atoms with E-state index in [1.807, 2.05) is 51.1 Å². The molecule has 2 aromatic carbocycles. The normalized spacial score (nSPS) is 15.9. The fourth-order valence-corrected chi connectivity index (χ4v) is 3.92. The van der Waals surface area contributed by atoms with Gasteiger partial charge in [-0.05, 0) is 62.2 Å². The Morgan fingerprint density at radius 1 is 0.806 bits per heavy atom. The highest BCUT2D eigenvalue weighted by molar-refractivity contribution is 6.39. The predicted octanol–water partition coefficient (Wildman–Crippen LogP) is 4.41. The van der Waals surface area contributed by atoms with Crippen LogP contribution in [0.15, 0.2) is 66.2 Å². The van der Waals surface area contributed by atoms with E-state index < -0.39 is 17.8 Å². The van der Waals surface area contributed by atoms with Crippen molar-refractivity contribution in [3.63, 3.8) is 0 Å². The van der Waals surface area contributed by atoms with Crippen molar-refractivity contribution in [2.45, 2.75) is 20.8 Å². The summed E-state index contributed by atoms with van der Waals surface area (Å²) < 4.78 is 2.10. The number of carbonyl (C=O) groups is 3. The van der Waals surface area contributed by atoms with Crippen molar-refractivity contribution >= 4 is 29.6 Å². The Hall–Kier alpha value is -3.93. The maximum Gasteiger partial charge on any atom is 0.338 e. The van der Waals surface area contributed by atoms with Gasteiger partial charge >= 0.3 is 6.03 Å². The number of nitrogens with zero attached hydrogens (tertiary/aromatic N) is 3. The number of likely N-dealkylation sites (N-methyl/N-ethyl adjacent to an activating group) is 1. The third kappa shape index (κ3) is 3.36. The molecule has 0 radical (unpaired) electrons. The van der Waals surface area contributed by atoms with Crippen molar-refractivity contribution < 1.29 is 14.4 Å². The first-order chi connectivity index (χ1) is 14.8. The topological polar surface area (TPSA) is 62.6 Å². The minimum Gasteiger partial charge on any atom is -0.318 e. The molecule has 156 valence electrons. The van der Waals surface area contributed by atoms with Crippen molar-refractivity contribution in [3.05, 3.63) is 88.8 Å². The zero-order chi connectivity index (χ0) is 22.3. The average molecular weight is 413 g/mol. The van der Waals surface area contributed by atoms with Gasteiger partial charge in [-0.25, -0.2) is 9.69 Å². The number of urea groups is 1. The van der Waals surface area contributed by atoms with Gasteiger partial charge < -0.3 is 4.57 Å². The Bertz CT molecular complexity index is 1240. The number of rotatable bonds is 3. The van der Waals surface area contributed by atoms with Gasteiger partial charge in [-0.3, -0.25) is 14.5 Å². The molecule has 0 spiro atoms. The summed E-state index contributed by atoms with van der Waals surface area (Å²) in [5, 5.41) is 0. The van der Waals surface area contributed by atoms with Crippen LogP contribution < -0.4 is 4.90 Å². The highest BCUT2D eigenvalue weighted by atomic mass is 16.2. The van der Waals surface area contributed by atoms with Crippen LogP contribution in [0.4, 0.5) is 10.5 Å². The summed E-state index contributed by atoms with van der Waals surface area (Å²) in [5.41, 5.74) is 5.19. The number of hydrogen-bond donors (Lipinski definition) is 0. The van der Waals surface area contributed by atoms with Crippen molar-refractivity contribution in [1.82, 2.24) is 9.47 Å². The second-order valence-corrected chi connectivity index (χ2v) is 7.63. The van der Waals surface area contributed by atoms with E-state index in [9.17, 15) is 14.4 Å². The monoisotopic (exact) mass is 413 g/mol. The molecular weight excluding hydrogens is 390 g/mol. The second-order valence-electron chi connectivity index (χ2n) is 7.63. The second kappa shape index (κ2) is 7.72. The number of carbonyl (C=O) groups excluding carboxylic acids is 3. The minimum atomic E-state index is -0.663. The fraction of sp³-hybridized carbons (Fsp3) is 0.160. The van der Waals surface area contributed by atoms with Crippen LogP contribution in [-0.4, -0.2) is 34.4 Å². The van der Waals surface area contributed by atoms with Gasteiger partial charge in [0.15, 0.2) is 0 Å². The zero-order valence-electron chi connectivity index (χ0n) is 17.9. The summed E-state index contributed by atoms with van der Waals surface area (Å²) in [6, 6.07) is 17.9. The number of amides is 4. The maximum atomic E-state index is 13.2. The molecule has 1 saturated heterocycles. The molecule has 6 heteroatoms. The number of para-hydroxylation sites is 2. The van der Waals surface area contributed by atoms with Crippen LogP contribution in [0.5, 0.6) is 0 Å². The number of aryl methyl sites for hydroxylation is 2. The molecule has 0 atom stereocenters. The van der Waals surface area contributed by atoms with Crippen LogP contribution in [-0.2, 0) is 9.59 Å². The van der Waals surface area contributed by atoms with Crippen LogP contribution in [0.3, 0.4) is 0 Å². The minimum absolute atomic E-state index is 0.0454. The first kappa shape index (κ1) is 20.3. The first-order valence-electron chi connectivity index (χ1n) is 9.99. The lowest BCUT2D eigenvalue weighted by molar-refractivity contribution is -0.128. The molecule has 2 heterocycles. The Morgan fingerprint density at radius 2 is 1.45 bits per heavy atom. The fourth-order valence-electron chi connectivity index (χ4n) is 3.92. The number of aromatic nitrogens is 1. The lowest BCUT2D eigenvalue weighted by atomic mass is 10.1. The summed E-state index contributed by atoms with van der Waals surface area (Å²) in [6.07, 6.45) is 1.58. The molecule has 0 aliphatic carbocycles. The number of hydrogen-bond acceptors (Lipinski definition) is 3. The van der Waals surface area contributed by atoms with E-state index in [1.165, 1.54) is 7.05 Å². The Balaban J connectivity index is 1.82. The summed E-state index contributed by atoms with van der Waals surface area (Å²) in [5.74, 6) is -1.23. The molecule has 0 N–H and O–H groups in total. The first-order valence-corrected chi connectivity index (χ1v) is 9.99. The SMILES string of the molecule is Cc1ccccc1-n1c(C)cc(/C=C2\C(=O)N(C)C(=O)N(c3ccccc3)C2=O)c1C. The molecule has 1 fully saturated rings. The molecule has 6 nitrogen and oxygen atoms in total. The van der Waals surface area contributed by atoms with E-state index in [0.29, 0.717) is 5.69 Å². The van der Waals surface area contributed by atoms with Crippen molar-refractivity contribution in [2.75, 3.05) is 11.9 Å². The summed E-state index contributed by atoms with van der Waals surface area (Å²) in [6.45, 7) is 5.98. The summed E-state index contributed by atoms with van der Waals surface area (Å²) in [4.78, 5) is 40.7. The van der Waals surface area contributed by atoms with Crippen LogP contribution in [0.1, 0.15) is 22.5 Å². The largest absolute Gasteiger partial charge is 0.338 e. The van der Waals surface area contributed by atoms with Gasteiger partial charge in [-0.2, -0.15) is 0 Å². The molecule has 31 heavy (non-hydrogen) atoms. The third-order valence-electron chi connectivity index (χ3n) is 5.59. The molecule has 1 aromatic heterocycles. The highest BCUT2D eigenvalue weighted by Gasteiger charge is 2.41. The maximum absolute atomic E-state index is 13.2.